The molecule has 6 heteroatoms. The number of ether oxygens (including phenoxy) is 1. The number of aromatic nitrogens is 1. The summed E-state index contributed by atoms with van der Waals surface area (Å²) in [5, 5.41) is 11.3. The number of benzene rings is 1. The Morgan fingerprint density at radius 2 is 2.03 bits per heavy atom. The lowest BCUT2D eigenvalue weighted by atomic mass is 9.71. The number of halogens is 1. The first kappa shape index (κ1) is 23.3. The number of hydrogen-bond acceptors (Lipinski definition) is 4. The van der Waals surface area contributed by atoms with Crippen LogP contribution < -0.4 is 4.74 Å². The van der Waals surface area contributed by atoms with Crippen molar-refractivity contribution in [3.05, 3.63) is 35.0 Å². The Hall–Kier alpha value is -1.85. The van der Waals surface area contributed by atoms with Crippen LogP contribution >= 0.6 is 11.6 Å². The number of aliphatic carboxylic acids is 1. The minimum absolute atomic E-state index is 0.106. The van der Waals surface area contributed by atoms with Gasteiger partial charge in [-0.1, -0.05) is 24.4 Å². The molecular formula is C26H35ClN2O3. The summed E-state index contributed by atoms with van der Waals surface area (Å²) >= 11 is 6.54. The van der Waals surface area contributed by atoms with Crippen molar-refractivity contribution in [2.45, 2.75) is 64.2 Å². The van der Waals surface area contributed by atoms with E-state index in [1.54, 1.807) is 13.3 Å². The van der Waals surface area contributed by atoms with E-state index in [9.17, 15) is 9.90 Å². The van der Waals surface area contributed by atoms with Gasteiger partial charge in [-0.05, 0) is 93.1 Å². The minimum atomic E-state index is -0.675. The van der Waals surface area contributed by atoms with Crippen LogP contribution in [0.4, 0.5) is 0 Å². The van der Waals surface area contributed by atoms with E-state index in [0.29, 0.717) is 5.02 Å². The van der Waals surface area contributed by atoms with Gasteiger partial charge in [-0.3, -0.25) is 9.78 Å². The van der Waals surface area contributed by atoms with E-state index in [0.717, 1.165) is 73.3 Å². The molecule has 1 saturated heterocycles. The number of rotatable bonds is 9. The number of methoxy groups -OCH3 is 1. The zero-order valence-electron chi connectivity index (χ0n) is 19.1. The summed E-state index contributed by atoms with van der Waals surface area (Å²) in [4.78, 5) is 18.7. The highest BCUT2D eigenvalue weighted by Gasteiger charge is 2.36. The topological polar surface area (TPSA) is 62.7 Å². The van der Waals surface area contributed by atoms with Crippen LogP contribution in [0.2, 0.25) is 5.02 Å². The summed E-state index contributed by atoms with van der Waals surface area (Å²) in [5.74, 6) is 0.965. The van der Waals surface area contributed by atoms with Gasteiger partial charge in [-0.2, -0.15) is 0 Å². The molecule has 0 radical (unpaired) electrons. The summed E-state index contributed by atoms with van der Waals surface area (Å²) in [6, 6.07) is 5.87. The quantitative estimate of drug-likeness (QED) is 0.501. The molecule has 0 bridgehead atoms. The fourth-order valence-corrected chi connectivity index (χ4v) is 6.07. The molecule has 2 fully saturated rings. The maximum Gasteiger partial charge on any atom is 0.303 e. The van der Waals surface area contributed by atoms with Crippen molar-refractivity contribution in [2.24, 2.45) is 11.3 Å². The molecule has 1 aliphatic carbocycles. The predicted molar refractivity (Wildman–Crippen MR) is 129 cm³/mol. The van der Waals surface area contributed by atoms with Gasteiger partial charge in [0, 0.05) is 18.1 Å². The highest BCUT2D eigenvalue weighted by molar-refractivity contribution is 6.32. The standard InChI is InChI=1S/C26H35ClN2O3/c1-32-20-8-9-24-22(15-20)21(23(27)17-28-24)7-4-10-26(16-25(30)31)11-13-29(14-12-26)18-19-5-2-3-6-19/h8-9,15,17,19H,2-7,10-14,16,18H2,1H3,(H,30,31). The third-order valence-electron chi connectivity index (χ3n) is 7.70. The van der Waals surface area contributed by atoms with Crippen molar-refractivity contribution in [3.8, 4) is 5.75 Å². The second-order valence-corrected chi connectivity index (χ2v) is 10.3. The van der Waals surface area contributed by atoms with E-state index in [1.807, 2.05) is 18.2 Å². The Balaban J connectivity index is 1.41. The molecule has 2 heterocycles. The van der Waals surface area contributed by atoms with Gasteiger partial charge >= 0.3 is 5.97 Å². The zero-order valence-corrected chi connectivity index (χ0v) is 19.9. The molecule has 1 N–H and O–H groups in total. The minimum Gasteiger partial charge on any atom is -0.497 e. The summed E-state index contributed by atoms with van der Waals surface area (Å²) < 4.78 is 5.39. The van der Waals surface area contributed by atoms with E-state index in [4.69, 9.17) is 16.3 Å². The molecule has 1 aromatic carbocycles. The maximum atomic E-state index is 11.7. The van der Waals surface area contributed by atoms with Gasteiger partial charge in [0.15, 0.2) is 0 Å². The molecular weight excluding hydrogens is 424 g/mol. The van der Waals surface area contributed by atoms with Gasteiger partial charge in [-0.15, -0.1) is 0 Å². The van der Waals surface area contributed by atoms with Gasteiger partial charge in [0.25, 0.3) is 0 Å². The Morgan fingerprint density at radius 1 is 1.28 bits per heavy atom. The highest BCUT2D eigenvalue weighted by atomic mass is 35.5. The van der Waals surface area contributed by atoms with Crippen molar-refractivity contribution < 1.29 is 14.6 Å². The van der Waals surface area contributed by atoms with Crippen molar-refractivity contribution in [1.82, 2.24) is 9.88 Å². The van der Waals surface area contributed by atoms with Crippen molar-refractivity contribution in [3.63, 3.8) is 0 Å². The fourth-order valence-electron chi connectivity index (χ4n) is 5.83. The molecule has 5 nitrogen and oxygen atoms in total. The largest absolute Gasteiger partial charge is 0.497 e. The molecule has 2 aromatic rings. The van der Waals surface area contributed by atoms with Crippen molar-refractivity contribution >= 4 is 28.5 Å². The van der Waals surface area contributed by atoms with Crippen LogP contribution in [0.3, 0.4) is 0 Å². The fraction of sp³-hybridized carbons (Fsp3) is 0.615. The third-order valence-corrected chi connectivity index (χ3v) is 8.03. The van der Waals surface area contributed by atoms with Gasteiger partial charge in [0.1, 0.15) is 5.75 Å². The average molecular weight is 459 g/mol. The number of nitrogens with zero attached hydrogens (tertiary/aromatic N) is 2. The Bertz CT molecular complexity index is 934. The molecule has 174 valence electrons. The number of hydrogen-bond donors (Lipinski definition) is 1. The maximum absolute atomic E-state index is 11.7. The number of piperidine rings is 1. The first-order chi connectivity index (χ1) is 15.5. The lowest BCUT2D eigenvalue weighted by Gasteiger charge is -2.42. The molecule has 1 aromatic heterocycles. The Labute approximate surface area is 196 Å². The summed E-state index contributed by atoms with van der Waals surface area (Å²) in [5.41, 5.74) is 1.88. The van der Waals surface area contributed by atoms with Crippen LogP contribution in [-0.4, -0.2) is 47.7 Å². The third kappa shape index (κ3) is 5.55. The summed E-state index contributed by atoms with van der Waals surface area (Å²) in [6.45, 7) is 3.25. The first-order valence-electron chi connectivity index (χ1n) is 12.0. The summed E-state index contributed by atoms with van der Waals surface area (Å²) in [6.07, 6.45) is 12.1. The predicted octanol–water partition coefficient (Wildman–Crippen LogP) is 5.97. The number of carbonyl (C=O) groups is 1. The zero-order chi connectivity index (χ0) is 22.6. The average Bonchev–Trinajstić information content (AvgIpc) is 3.29. The van der Waals surface area contributed by atoms with Crippen LogP contribution in [0, 0.1) is 11.3 Å². The first-order valence-corrected chi connectivity index (χ1v) is 12.4. The monoisotopic (exact) mass is 458 g/mol. The van der Waals surface area contributed by atoms with Crippen molar-refractivity contribution in [2.75, 3.05) is 26.7 Å². The van der Waals surface area contributed by atoms with Crippen LogP contribution in [0.5, 0.6) is 5.75 Å². The van der Waals surface area contributed by atoms with Crippen LogP contribution in [-0.2, 0) is 11.2 Å². The Morgan fingerprint density at radius 3 is 2.72 bits per heavy atom. The second kappa shape index (κ2) is 10.4. The molecule has 1 saturated carbocycles. The SMILES string of the molecule is COc1ccc2ncc(Cl)c(CCCC3(CC(=O)O)CCN(CC4CCCC4)CC3)c2c1. The van der Waals surface area contributed by atoms with E-state index in [-0.39, 0.29) is 11.8 Å². The number of fused-ring (bicyclic) bond motifs is 1. The molecule has 2 aliphatic rings. The lowest BCUT2D eigenvalue weighted by Crippen LogP contribution is -2.42. The lowest BCUT2D eigenvalue weighted by molar-refractivity contribution is -0.140. The van der Waals surface area contributed by atoms with E-state index in [2.05, 4.69) is 9.88 Å². The van der Waals surface area contributed by atoms with Crippen LogP contribution in [0.15, 0.2) is 24.4 Å². The summed E-state index contributed by atoms with van der Waals surface area (Å²) in [7, 11) is 1.66. The van der Waals surface area contributed by atoms with Gasteiger partial charge < -0.3 is 14.7 Å². The van der Waals surface area contributed by atoms with E-state index in [1.165, 1.54) is 32.2 Å². The number of likely N-dealkylation sites (tertiary alicyclic amines) is 1. The van der Waals surface area contributed by atoms with E-state index < -0.39 is 5.97 Å². The smallest absolute Gasteiger partial charge is 0.303 e. The van der Waals surface area contributed by atoms with Gasteiger partial charge in [0.05, 0.1) is 24.1 Å². The van der Waals surface area contributed by atoms with Gasteiger partial charge in [-0.25, -0.2) is 0 Å². The molecule has 1 aliphatic heterocycles. The normalized spacial score (nSPS) is 19.4. The molecule has 0 amide bonds. The van der Waals surface area contributed by atoms with Crippen LogP contribution in [0.1, 0.15) is 63.4 Å². The molecule has 0 unspecified atom stereocenters. The number of carboxylic acid groups (broad SMARTS) is 1. The molecule has 4 rings (SSSR count). The molecule has 0 spiro atoms. The Kier molecular flexibility index (Phi) is 7.57. The van der Waals surface area contributed by atoms with E-state index >= 15 is 0 Å². The molecule has 32 heavy (non-hydrogen) atoms. The van der Waals surface area contributed by atoms with Gasteiger partial charge in [0.2, 0.25) is 0 Å². The highest BCUT2D eigenvalue weighted by Crippen LogP contribution is 2.41. The number of pyridine rings is 1. The van der Waals surface area contributed by atoms with Crippen LogP contribution in [0.25, 0.3) is 10.9 Å². The number of aryl methyl sites for hydroxylation is 1. The van der Waals surface area contributed by atoms with Crippen molar-refractivity contribution in [1.29, 1.82) is 0 Å². The molecule has 0 atom stereocenters. The number of carboxylic acids is 1. The second-order valence-electron chi connectivity index (χ2n) is 9.84.